The number of carbonyl (C=O) groups excluding carboxylic acids is 1. The highest BCUT2D eigenvalue weighted by Crippen LogP contribution is 2.19. The summed E-state index contributed by atoms with van der Waals surface area (Å²) in [5.41, 5.74) is 1.33. The van der Waals surface area contributed by atoms with Gasteiger partial charge in [0.25, 0.3) is 0 Å². The molecule has 0 amide bonds. The van der Waals surface area contributed by atoms with E-state index in [1.54, 1.807) is 0 Å². The van der Waals surface area contributed by atoms with Crippen LogP contribution in [0.3, 0.4) is 0 Å². The predicted octanol–water partition coefficient (Wildman–Crippen LogP) is 2.34. The molecular formula is C14H19NO. The minimum absolute atomic E-state index is 0.187. The predicted molar refractivity (Wildman–Crippen MR) is 65.1 cm³/mol. The molecule has 1 heterocycles. The van der Waals surface area contributed by atoms with Crippen LogP contribution in [0.4, 0.5) is 0 Å². The average molecular weight is 217 g/mol. The summed E-state index contributed by atoms with van der Waals surface area (Å²) in [6, 6.07) is 10.5. The van der Waals surface area contributed by atoms with Crippen molar-refractivity contribution in [3.8, 4) is 0 Å². The lowest BCUT2D eigenvalue weighted by atomic mass is 9.90. The number of rotatable bonds is 2. The van der Waals surface area contributed by atoms with Crippen molar-refractivity contribution in [2.75, 3.05) is 13.1 Å². The summed E-state index contributed by atoms with van der Waals surface area (Å²) in [6.07, 6.45) is 0. The van der Waals surface area contributed by atoms with E-state index in [2.05, 4.69) is 29.2 Å². The van der Waals surface area contributed by atoms with E-state index in [1.807, 2.05) is 19.9 Å². The molecule has 1 aliphatic heterocycles. The number of likely N-dealkylation sites (tertiary alicyclic amines) is 1. The highest BCUT2D eigenvalue weighted by molar-refractivity contribution is 5.83. The van der Waals surface area contributed by atoms with Gasteiger partial charge in [0.1, 0.15) is 5.78 Å². The van der Waals surface area contributed by atoms with Crippen molar-refractivity contribution >= 4 is 5.78 Å². The molecule has 2 heteroatoms. The maximum atomic E-state index is 11.7. The monoisotopic (exact) mass is 217 g/mol. The third-order valence-electron chi connectivity index (χ3n) is 3.28. The number of carbonyl (C=O) groups is 1. The van der Waals surface area contributed by atoms with Gasteiger partial charge in [-0.25, -0.2) is 0 Å². The summed E-state index contributed by atoms with van der Waals surface area (Å²) in [5, 5.41) is 0. The summed E-state index contributed by atoms with van der Waals surface area (Å²) in [7, 11) is 0. The van der Waals surface area contributed by atoms with Crippen LogP contribution in [0.2, 0.25) is 0 Å². The molecule has 2 atom stereocenters. The number of hydrogen-bond acceptors (Lipinski definition) is 2. The third-order valence-corrected chi connectivity index (χ3v) is 3.28. The summed E-state index contributed by atoms with van der Waals surface area (Å²) in [6.45, 7) is 6.84. The fraction of sp³-hybridized carbons (Fsp3) is 0.500. The maximum absolute atomic E-state index is 11.7. The van der Waals surface area contributed by atoms with E-state index >= 15 is 0 Å². The lowest BCUT2D eigenvalue weighted by molar-refractivity contribution is -0.130. The molecule has 2 nitrogen and oxygen atoms in total. The second-order valence-corrected chi connectivity index (χ2v) is 4.88. The molecule has 1 aromatic carbocycles. The lowest BCUT2D eigenvalue weighted by Crippen LogP contribution is -2.44. The lowest BCUT2D eigenvalue weighted by Gasteiger charge is -2.33. The van der Waals surface area contributed by atoms with Crippen LogP contribution in [0.1, 0.15) is 19.4 Å². The highest BCUT2D eigenvalue weighted by Gasteiger charge is 2.29. The summed E-state index contributed by atoms with van der Waals surface area (Å²) < 4.78 is 0. The SMILES string of the molecule is CC1CN(Cc2ccccc2)C[C@@H](C)C1=O. The van der Waals surface area contributed by atoms with Crippen LogP contribution < -0.4 is 0 Å². The zero-order valence-corrected chi connectivity index (χ0v) is 10.0. The number of benzene rings is 1. The summed E-state index contributed by atoms with van der Waals surface area (Å²) in [4.78, 5) is 14.1. The van der Waals surface area contributed by atoms with Crippen molar-refractivity contribution in [1.82, 2.24) is 4.90 Å². The molecule has 2 rings (SSSR count). The minimum atomic E-state index is 0.187. The summed E-state index contributed by atoms with van der Waals surface area (Å²) in [5.74, 6) is 0.796. The Bertz CT molecular complexity index is 346. The van der Waals surface area contributed by atoms with Crippen LogP contribution in [0.5, 0.6) is 0 Å². The van der Waals surface area contributed by atoms with Gasteiger partial charge in [-0.2, -0.15) is 0 Å². The molecule has 0 aromatic heterocycles. The molecule has 0 N–H and O–H groups in total. The van der Waals surface area contributed by atoms with Gasteiger partial charge in [0.05, 0.1) is 0 Å². The Hall–Kier alpha value is -1.15. The van der Waals surface area contributed by atoms with Crippen molar-refractivity contribution in [3.63, 3.8) is 0 Å². The molecule has 0 aliphatic carbocycles. The van der Waals surface area contributed by atoms with Crippen LogP contribution >= 0.6 is 0 Å². The Morgan fingerprint density at radius 3 is 2.25 bits per heavy atom. The molecule has 0 saturated carbocycles. The third kappa shape index (κ3) is 2.50. The molecule has 1 aliphatic rings. The van der Waals surface area contributed by atoms with Gasteiger partial charge in [-0.05, 0) is 5.56 Å². The van der Waals surface area contributed by atoms with Gasteiger partial charge in [-0.1, -0.05) is 44.2 Å². The largest absolute Gasteiger partial charge is 0.299 e. The quantitative estimate of drug-likeness (QED) is 0.758. The number of nitrogens with zero attached hydrogens (tertiary/aromatic N) is 1. The van der Waals surface area contributed by atoms with Crippen molar-refractivity contribution in [2.24, 2.45) is 11.8 Å². The first-order chi connectivity index (χ1) is 7.66. The van der Waals surface area contributed by atoms with E-state index in [4.69, 9.17) is 0 Å². The first-order valence-electron chi connectivity index (χ1n) is 5.97. The van der Waals surface area contributed by atoms with Crippen molar-refractivity contribution in [1.29, 1.82) is 0 Å². The Morgan fingerprint density at radius 2 is 1.69 bits per heavy atom. The minimum Gasteiger partial charge on any atom is -0.299 e. The Morgan fingerprint density at radius 1 is 1.12 bits per heavy atom. The smallest absolute Gasteiger partial charge is 0.141 e. The Labute approximate surface area is 97.3 Å². The topological polar surface area (TPSA) is 20.3 Å². The van der Waals surface area contributed by atoms with Crippen LogP contribution in [0, 0.1) is 11.8 Å². The molecule has 1 aromatic rings. The first-order valence-corrected chi connectivity index (χ1v) is 5.97. The second-order valence-electron chi connectivity index (χ2n) is 4.88. The van der Waals surface area contributed by atoms with E-state index in [1.165, 1.54) is 5.56 Å². The number of hydrogen-bond donors (Lipinski definition) is 0. The normalized spacial score (nSPS) is 27.0. The van der Waals surface area contributed by atoms with E-state index in [-0.39, 0.29) is 11.8 Å². The van der Waals surface area contributed by atoms with E-state index in [0.717, 1.165) is 19.6 Å². The zero-order valence-electron chi connectivity index (χ0n) is 10.0. The van der Waals surface area contributed by atoms with Crippen LogP contribution in [0.25, 0.3) is 0 Å². The Kier molecular flexibility index (Phi) is 3.39. The fourth-order valence-corrected chi connectivity index (χ4v) is 2.49. The van der Waals surface area contributed by atoms with E-state index in [0.29, 0.717) is 5.78 Å². The second kappa shape index (κ2) is 4.79. The maximum Gasteiger partial charge on any atom is 0.141 e. The van der Waals surface area contributed by atoms with Gasteiger partial charge >= 0.3 is 0 Å². The summed E-state index contributed by atoms with van der Waals surface area (Å²) >= 11 is 0. The van der Waals surface area contributed by atoms with Gasteiger partial charge in [0.2, 0.25) is 0 Å². The van der Waals surface area contributed by atoms with Gasteiger partial charge in [-0.3, -0.25) is 9.69 Å². The van der Waals surface area contributed by atoms with Crippen LogP contribution in [-0.2, 0) is 11.3 Å². The van der Waals surface area contributed by atoms with Crippen LogP contribution in [-0.4, -0.2) is 23.8 Å². The molecule has 1 saturated heterocycles. The molecule has 86 valence electrons. The van der Waals surface area contributed by atoms with Gasteiger partial charge in [0, 0.05) is 31.5 Å². The molecule has 0 radical (unpaired) electrons. The molecule has 1 fully saturated rings. The van der Waals surface area contributed by atoms with E-state index < -0.39 is 0 Å². The number of Topliss-reactive ketones (excluding diaryl/α,β-unsaturated/α-hetero) is 1. The highest BCUT2D eigenvalue weighted by atomic mass is 16.1. The van der Waals surface area contributed by atoms with Gasteiger partial charge in [0.15, 0.2) is 0 Å². The van der Waals surface area contributed by atoms with Crippen molar-refractivity contribution in [2.45, 2.75) is 20.4 Å². The van der Waals surface area contributed by atoms with Crippen LogP contribution in [0.15, 0.2) is 30.3 Å². The number of piperidine rings is 1. The molecular weight excluding hydrogens is 198 g/mol. The van der Waals surface area contributed by atoms with Gasteiger partial charge < -0.3 is 0 Å². The number of ketones is 1. The molecule has 0 spiro atoms. The zero-order chi connectivity index (χ0) is 11.5. The first kappa shape index (κ1) is 11.3. The van der Waals surface area contributed by atoms with Gasteiger partial charge in [-0.15, -0.1) is 0 Å². The Balaban J connectivity index is 1.99. The molecule has 0 bridgehead atoms. The molecule has 1 unspecified atom stereocenters. The van der Waals surface area contributed by atoms with Crippen molar-refractivity contribution < 1.29 is 4.79 Å². The average Bonchev–Trinajstić information content (AvgIpc) is 2.27. The van der Waals surface area contributed by atoms with E-state index in [9.17, 15) is 4.79 Å². The fourth-order valence-electron chi connectivity index (χ4n) is 2.49. The molecule has 16 heavy (non-hydrogen) atoms. The van der Waals surface area contributed by atoms with Crippen molar-refractivity contribution in [3.05, 3.63) is 35.9 Å². The standard InChI is InChI=1S/C14H19NO/c1-11-8-15(9-12(2)14(11)16)10-13-6-4-3-5-7-13/h3-7,11-12H,8-10H2,1-2H3/t11-,12?/m1/s1.